The average Bonchev–Trinajstić information content (AvgIpc) is 2.69. The minimum Gasteiger partial charge on any atom is -0.462 e. The lowest BCUT2D eigenvalue weighted by Gasteiger charge is -2.11. The van der Waals surface area contributed by atoms with Crippen molar-refractivity contribution in [3.63, 3.8) is 0 Å². The number of ketones is 1. The van der Waals surface area contributed by atoms with E-state index in [9.17, 15) is 9.59 Å². The van der Waals surface area contributed by atoms with Gasteiger partial charge in [-0.1, -0.05) is 30.3 Å². The molecule has 1 heterocycles. The van der Waals surface area contributed by atoms with Crippen LogP contribution in [0.25, 0.3) is 5.70 Å². The lowest BCUT2D eigenvalue weighted by Crippen LogP contribution is -2.36. The number of nitrogens with one attached hydrogen (secondary N) is 1. The highest BCUT2D eigenvalue weighted by Crippen LogP contribution is 2.13. The Balaban J connectivity index is 2.54. The molecule has 6 nitrogen and oxygen atoms in total. The minimum atomic E-state index is -0.698. The van der Waals surface area contributed by atoms with Gasteiger partial charge in [-0.3, -0.25) is 10.2 Å². The van der Waals surface area contributed by atoms with Gasteiger partial charge in [0.2, 0.25) is 0 Å². The molecular weight excluding hydrogens is 342 g/mol. The molecule has 0 amide bonds. The van der Waals surface area contributed by atoms with E-state index in [0.29, 0.717) is 5.56 Å². The van der Waals surface area contributed by atoms with E-state index < -0.39 is 5.97 Å². The fourth-order valence-electron chi connectivity index (χ4n) is 2.36. The molecule has 0 radical (unpaired) electrons. The molecule has 0 aliphatic carbocycles. The molecule has 0 bridgehead atoms. The Morgan fingerprint density at radius 1 is 1.15 bits per heavy atom. The SMILES string of the molecule is CCOC(=O)C(=C=N)C=C(C(=O)c1ccccc1)[n+]1ccc(N(C)C)cc1. The molecular formula is C21H22N3O3+. The first-order valence-corrected chi connectivity index (χ1v) is 8.45. The molecule has 0 aliphatic heterocycles. The molecule has 0 unspecified atom stereocenters. The predicted molar refractivity (Wildman–Crippen MR) is 104 cm³/mol. The highest BCUT2D eigenvalue weighted by atomic mass is 16.5. The van der Waals surface area contributed by atoms with Gasteiger partial charge < -0.3 is 9.64 Å². The van der Waals surface area contributed by atoms with Crippen LogP contribution in [0.2, 0.25) is 0 Å². The molecule has 0 spiro atoms. The zero-order valence-electron chi connectivity index (χ0n) is 15.6. The maximum Gasteiger partial charge on any atom is 0.347 e. The quantitative estimate of drug-likeness (QED) is 0.205. The van der Waals surface area contributed by atoms with Crippen LogP contribution in [0, 0.1) is 5.41 Å². The number of nitrogens with zero attached hydrogens (tertiary/aromatic N) is 2. The average molecular weight is 364 g/mol. The van der Waals surface area contributed by atoms with Crippen molar-refractivity contribution in [1.82, 2.24) is 0 Å². The van der Waals surface area contributed by atoms with Gasteiger partial charge in [0.1, 0.15) is 5.57 Å². The van der Waals surface area contributed by atoms with Crippen LogP contribution >= 0.6 is 0 Å². The van der Waals surface area contributed by atoms with Gasteiger partial charge in [-0.15, -0.1) is 0 Å². The number of Topliss-reactive ketones (excluding diaryl/α,β-unsaturated/α-hetero) is 1. The number of pyridine rings is 1. The number of esters is 1. The number of hydrogen-bond acceptors (Lipinski definition) is 5. The van der Waals surface area contributed by atoms with Crippen molar-refractivity contribution in [2.24, 2.45) is 0 Å². The fourth-order valence-corrected chi connectivity index (χ4v) is 2.36. The Kier molecular flexibility index (Phi) is 6.80. The van der Waals surface area contributed by atoms with Crippen LogP contribution in [-0.2, 0) is 9.53 Å². The molecule has 2 aromatic rings. The zero-order valence-corrected chi connectivity index (χ0v) is 15.6. The molecule has 0 atom stereocenters. The second-order valence-corrected chi connectivity index (χ2v) is 5.84. The topological polar surface area (TPSA) is 74.3 Å². The van der Waals surface area contributed by atoms with Gasteiger partial charge >= 0.3 is 5.97 Å². The summed E-state index contributed by atoms with van der Waals surface area (Å²) in [6.07, 6.45) is 4.79. The van der Waals surface area contributed by atoms with E-state index in [1.54, 1.807) is 48.1 Å². The van der Waals surface area contributed by atoms with E-state index >= 15 is 0 Å². The van der Waals surface area contributed by atoms with Crippen LogP contribution in [0.5, 0.6) is 0 Å². The molecule has 0 aliphatic rings. The second-order valence-electron chi connectivity index (χ2n) is 5.84. The molecule has 0 saturated heterocycles. The molecule has 6 heteroatoms. The van der Waals surface area contributed by atoms with Crippen LogP contribution in [0.15, 0.2) is 66.5 Å². The first-order chi connectivity index (χ1) is 13.0. The summed E-state index contributed by atoms with van der Waals surface area (Å²) in [6, 6.07) is 12.5. The van der Waals surface area contributed by atoms with E-state index in [4.69, 9.17) is 10.1 Å². The molecule has 0 fully saturated rings. The number of allylic oxidation sites excluding steroid dienone is 1. The Labute approximate surface area is 158 Å². The van der Waals surface area contributed by atoms with Crippen molar-refractivity contribution in [3.8, 4) is 0 Å². The van der Waals surface area contributed by atoms with Crippen molar-refractivity contribution < 1.29 is 18.9 Å². The van der Waals surface area contributed by atoms with E-state index in [2.05, 4.69) is 5.87 Å². The van der Waals surface area contributed by atoms with E-state index in [-0.39, 0.29) is 23.7 Å². The number of ether oxygens (including phenoxy) is 1. The fraction of sp³-hybridized carbons (Fsp3) is 0.190. The summed E-state index contributed by atoms with van der Waals surface area (Å²) in [5.74, 6) is 1.08. The summed E-state index contributed by atoms with van der Waals surface area (Å²) in [4.78, 5) is 27.0. The molecule has 0 saturated carbocycles. The molecule has 2 rings (SSSR count). The maximum atomic E-state index is 13.0. The number of carbonyl (C=O) groups is 2. The van der Waals surface area contributed by atoms with Crippen molar-refractivity contribution in [1.29, 1.82) is 5.41 Å². The van der Waals surface area contributed by atoms with Crippen LogP contribution < -0.4 is 9.47 Å². The summed E-state index contributed by atoms with van der Waals surface area (Å²) in [5, 5.41) is 7.40. The molecule has 1 aromatic carbocycles. The number of hydrogen-bond donors (Lipinski definition) is 1. The van der Waals surface area contributed by atoms with Gasteiger partial charge in [-0.25, -0.2) is 4.79 Å². The second kappa shape index (κ2) is 9.27. The summed E-state index contributed by atoms with van der Waals surface area (Å²) < 4.78 is 6.55. The third-order valence-corrected chi connectivity index (χ3v) is 3.79. The molecule has 1 N–H and O–H groups in total. The van der Waals surface area contributed by atoms with Crippen LogP contribution in [-0.4, -0.2) is 38.3 Å². The predicted octanol–water partition coefficient (Wildman–Crippen LogP) is 2.50. The largest absolute Gasteiger partial charge is 0.462 e. The number of anilines is 1. The lowest BCUT2D eigenvalue weighted by atomic mass is 10.1. The normalized spacial score (nSPS) is 10.7. The van der Waals surface area contributed by atoms with Crippen molar-refractivity contribution in [2.75, 3.05) is 25.6 Å². The van der Waals surface area contributed by atoms with Crippen molar-refractivity contribution >= 4 is 29.0 Å². The van der Waals surface area contributed by atoms with Gasteiger partial charge in [0.05, 0.1) is 6.61 Å². The maximum absolute atomic E-state index is 13.0. The number of aromatic nitrogens is 1. The Morgan fingerprint density at radius 3 is 2.30 bits per heavy atom. The van der Waals surface area contributed by atoms with Crippen LogP contribution in [0.3, 0.4) is 0 Å². The van der Waals surface area contributed by atoms with Crippen molar-refractivity contribution in [3.05, 3.63) is 72.1 Å². The first kappa shape index (κ1) is 19.8. The van der Waals surface area contributed by atoms with Crippen LogP contribution in [0.1, 0.15) is 17.3 Å². The van der Waals surface area contributed by atoms with E-state index in [1.807, 2.05) is 37.2 Å². The van der Waals surface area contributed by atoms with Crippen molar-refractivity contribution in [2.45, 2.75) is 6.92 Å². The van der Waals surface area contributed by atoms with E-state index in [1.165, 1.54) is 6.08 Å². The summed E-state index contributed by atoms with van der Waals surface area (Å²) >= 11 is 0. The number of rotatable bonds is 7. The van der Waals surface area contributed by atoms with Gasteiger partial charge in [0.15, 0.2) is 12.4 Å². The standard InChI is InChI=1S/C21H22N3O3/c1-4-27-21(26)17(15-22)14-19(20(25)16-8-6-5-7-9-16)24-12-10-18(11-13-24)23(2)3/h5-14,22H,4H2,1-3H3/q+1. The summed E-state index contributed by atoms with van der Waals surface area (Å²) in [5.41, 5.74) is 1.53. The third-order valence-electron chi connectivity index (χ3n) is 3.79. The Morgan fingerprint density at radius 2 is 1.78 bits per heavy atom. The highest BCUT2D eigenvalue weighted by Gasteiger charge is 2.24. The van der Waals surface area contributed by atoms with E-state index in [0.717, 1.165) is 5.69 Å². The highest BCUT2D eigenvalue weighted by molar-refractivity contribution is 6.23. The van der Waals surface area contributed by atoms with Gasteiger partial charge in [-0.2, -0.15) is 4.57 Å². The van der Waals surface area contributed by atoms with Crippen LogP contribution in [0.4, 0.5) is 5.69 Å². The van der Waals surface area contributed by atoms with Gasteiger partial charge in [0, 0.05) is 43.6 Å². The molecule has 27 heavy (non-hydrogen) atoms. The lowest BCUT2D eigenvalue weighted by molar-refractivity contribution is -0.576. The minimum absolute atomic E-state index is 0.125. The number of benzene rings is 1. The third kappa shape index (κ3) is 5.00. The monoisotopic (exact) mass is 364 g/mol. The zero-order chi connectivity index (χ0) is 19.8. The number of carbonyl (C=O) groups excluding carboxylic acids is 2. The Bertz CT molecular complexity index is 894. The molecule has 1 aromatic heterocycles. The molecule has 138 valence electrons. The smallest absolute Gasteiger partial charge is 0.347 e. The van der Waals surface area contributed by atoms with Gasteiger partial charge in [-0.05, 0) is 12.8 Å². The first-order valence-electron chi connectivity index (χ1n) is 8.45. The Hall–Kier alpha value is -3.50. The van der Waals surface area contributed by atoms with Gasteiger partial charge in [0.25, 0.3) is 11.5 Å². The summed E-state index contributed by atoms with van der Waals surface area (Å²) in [7, 11) is 3.84. The summed E-state index contributed by atoms with van der Waals surface area (Å²) in [6.45, 7) is 1.85.